The van der Waals surface area contributed by atoms with Crippen LogP contribution in [0.1, 0.15) is 11.1 Å². The molecule has 1 fully saturated rings. The molecular weight excluding hydrogens is 270 g/mol. The number of carbonyl (C=O) groups excluding carboxylic acids is 1. The lowest BCUT2D eigenvalue weighted by atomic mass is 9.98. The zero-order valence-electron chi connectivity index (χ0n) is 12.4. The van der Waals surface area contributed by atoms with Gasteiger partial charge in [0.1, 0.15) is 12.2 Å². The fourth-order valence-electron chi connectivity index (χ4n) is 3.40. The van der Waals surface area contributed by atoms with Crippen LogP contribution in [0.3, 0.4) is 0 Å². The molecule has 21 heavy (non-hydrogen) atoms. The minimum atomic E-state index is -1.33. The molecule has 0 unspecified atom stereocenters. The molecule has 0 radical (unpaired) electrons. The van der Waals surface area contributed by atoms with Crippen LogP contribution in [-0.4, -0.2) is 61.0 Å². The van der Waals surface area contributed by atoms with E-state index in [9.17, 15) is 9.90 Å². The van der Waals surface area contributed by atoms with Gasteiger partial charge in [-0.05, 0) is 11.1 Å². The third-order valence-corrected chi connectivity index (χ3v) is 4.59. The van der Waals surface area contributed by atoms with Crippen molar-refractivity contribution < 1.29 is 19.4 Å². The van der Waals surface area contributed by atoms with E-state index < -0.39 is 5.60 Å². The van der Waals surface area contributed by atoms with Gasteiger partial charge in [0.05, 0.1) is 0 Å². The number of hydrogen-bond donors (Lipinski definition) is 1. The fourth-order valence-corrected chi connectivity index (χ4v) is 3.40. The zero-order valence-corrected chi connectivity index (χ0v) is 12.4. The van der Waals surface area contributed by atoms with Crippen molar-refractivity contribution in [3.05, 3.63) is 35.4 Å². The van der Waals surface area contributed by atoms with Crippen LogP contribution in [-0.2, 0) is 27.1 Å². The summed E-state index contributed by atoms with van der Waals surface area (Å²) >= 11 is 0. The van der Waals surface area contributed by atoms with E-state index in [-0.39, 0.29) is 18.1 Å². The molecule has 1 aliphatic carbocycles. The highest BCUT2D eigenvalue weighted by Gasteiger charge is 2.47. The molecule has 2 atom stereocenters. The van der Waals surface area contributed by atoms with E-state index in [1.807, 2.05) is 24.3 Å². The van der Waals surface area contributed by atoms with Gasteiger partial charge in [-0.2, -0.15) is 0 Å². The first-order chi connectivity index (χ1) is 10.1. The van der Waals surface area contributed by atoms with Crippen molar-refractivity contribution in [2.45, 2.75) is 30.7 Å². The van der Waals surface area contributed by atoms with Crippen molar-refractivity contribution in [1.29, 1.82) is 0 Å². The van der Waals surface area contributed by atoms with E-state index in [0.717, 1.165) is 11.1 Å². The average molecular weight is 291 g/mol. The molecule has 5 nitrogen and oxygen atoms in total. The molecule has 0 bridgehead atoms. The first kappa shape index (κ1) is 14.5. The van der Waals surface area contributed by atoms with Gasteiger partial charge in [-0.15, -0.1) is 0 Å². The van der Waals surface area contributed by atoms with Crippen LogP contribution in [0, 0.1) is 0 Å². The Morgan fingerprint density at radius 1 is 1.14 bits per heavy atom. The van der Waals surface area contributed by atoms with Crippen LogP contribution in [0.15, 0.2) is 24.3 Å². The van der Waals surface area contributed by atoms with Crippen LogP contribution >= 0.6 is 0 Å². The first-order valence-electron chi connectivity index (χ1n) is 7.21. The third kappa shape index (κ3) is 2.46. The Kier molecular flexibility index (Phi) is 3.73. The Hall–Kier alpha value is -1.43. The van der Waals surface area contributed by atoms with Gasteiger partial charge in [-0.1, -0.05) is 24.3 Å². The minimum Gasteiger partial charge on any atom is -0.379 e. The van der Waals surface area contributed by atoms with Crippen LogP contribution in [0.5, 0.6) is 0 Å². The summed E-state index contributed by atoms with van der Waals surface area (Å²) in [4.78, 5) is 14.4. The quantitative estimate of drug-likeness (QED) is 0.875. The van der Waals surface area contributed by atoms with Crippen LogP contribution in [0.25, 0.3) is 0 Å². The molecule has 1 amide bonds. The standard InChI is InChI=1S/C16H21NO4/c1-20-13-9-17(10-14(13)21-2)15(18)16(19)7-11-5-3-4-6-12(11)8-16/h3-6,13-14,19H,7-10H2,1-2H3/t13-,14+. The van der Waals surface area contributed by atoms with Crippen molar-refractivity contribution in [3.8, 4) is 0 Å². The zero-order chi connectivity index (χ0) is 15.0. The highest BCUT2D eigenvalue weighted by Crippen LogP contribution is 2.32. The SMILES string of the molecule is CO[C@H]1CN(C(=O)C2(O)Cc3ccccc3C2)C[C@H]1OC. The van der Waals surface area contributed by atoms with Gasteiger partial charge in [0.2, 0.25) is 0 Å². The smallest absolute Gasteiger partial charge is 0.255 e. The summed E-state index contributed by atoms with van der Waals surface area (Å²) in [6, 6.07) is 7.82. The van der Waals surface area contributed by atoms with Gasteiger partial charge in [0, 0.05) is 40.2 Å². The molecule has 114 valence electrons. The van der Waals surface area contributed by atoms with Gasteiger partial charge in [0.25, 0.3) is 5.91 Å². The molecule has 0 saturated carbocycles. The number of hydrogen-bond acceptors (Lipinski definition) is 4. The summed E-state index contributed by atoms with van der Waals surface area (Å²) in [6.45, 7) is 0.930. The number of benzene rings is 1. The molecule has 0 aromatic heterocycles. The second kappa shape index (κ2) is 5.40. The molecule has 2 aliphatic rings. The normalized spacial score (nSPS) is 26.9. The predicted molar refractivity (Wildman–Crippen MR) is 77.0 cm³/mol. The highest BCUT2D eigenvalue weighted by atomic mass is 16.5. The van der Waals surface area contributed by atoms with Crippen molar-refractivity contribution in [1.82, 2.24) is 4.90 Å². The Bertz CT molecular complexity index is 508. The van der Waals surface area contributed by atoms with E-state index >= 15 is 0 Å². The molecule has 1 N–H and O–H groups in total. The van der Waals surface area contributed by atoms with E-state index in [1.54, 1.807) is 19.1 Å². The topological polar surface area (TPSA) is 59.0 Å². The third-order valence-electron chi connectivity index (χ3n) is 4.59. The maximum absolute atomic E-state index is 12.7. The van der Waals surface area contributed by atoms with E-state index in [1.165, 1.54) is 0 Å². The van der Waals surface area contributed by atoms with Crippen LogP contribution in [0.4, 0.5) is 0 Å². The number of fused-ring (bicyclic) bond motifs is 1. The van der Waals surface area contributed by atoms with E-state index in [0.29, 0.717) is 25.9 Å². The molecule has 1 aromatic rings. The minimum absolute atomic E-state index is 0.133. The predicted octanol–water partition coefficient (Wildman–Crippen LogP) is 0.388. The number of methoxy groups -OCH3 is 2. The summed E-state index contributed by atoms with van der Waals surface area (Å²) in [6.07, 6.45) is 0.499. The maximum atomic E-state index is 12.7. The number of amides is 1. The lowest BCUT2D eigenvalue weighted by molar-refractivity contribution is -0.149. The lowest BCUT2D eigenvalue weighted by Crippen LogP contribution is -2.49. The molecule has 5 heteroatoms. The largest absolute Gasteiger partial charge is 0.379 e. The Labute approximate surface area is 124 Å². The second-order valence-corrected chi connectivity index (χ2v) is 5.91. The Balaban J connectivity index is 1.75. The summed E-state index contributed by atoms with van der Waals surface area (Å²) in [7, 11) is 3.23. The molecular formula is C16H21NO4. The van der Waals surface area contributed by atoms with Gasteiger partial charge < -0.3 is 19.5 Å². The number of aliphatic hydroxyl groups is 1. The monoisotopic (exact) mass is 291 g/mol. The van der Waals surface area contributed by atoms with Gasteiger partial charge in [-0.25, -0.2) is 0 Å². The van der Waals surface area contributed by atoms with E-state index in [2.05, 4.69) is 0 Å². The first-order valence-corrected chi connectivity index (χ1v) is 7.21. The highest BCUT2D eigenvalue weighted by molar-refractivity contribution is 5.87. The number of nitrogens with zero attached hydrogens (tertiary/aromatic N) is 1. The molecule has 1 heterocycles. The number of likely N-dealkylation sites (tertiary alicyclic amines) is 1. The van der Waals surface area contributed by atoms with Crippen molar-refractivity contribution in [2.75, 3.05) is 27.3 Å². The summed E-state index contributed by atoms with van der Waals surface area (Å²) in [5.74, 6) is -0.222. The number of ether oxygens (including phenoxy) is 2. The number of rotatable bonds is 3. The Morgan fingerprint density at radius 3 is 2.05 bits per heavy atom. The fraction of sp³-hybridized carbons (Fsp3) is 0.562. The van der Waals surface area contributed by atoms with Gasteiger partial charge >= 0.3 is 0 Å². The van der Waals surface area contributed by atoms with Gasteiger partial charge in [-0.3, -0.25) is 4.79 Å². The van der Waals surface area contributed by atoms with Gasteiger partial charge in [0.15, 0.2) is 5.60 Å². The summed E-state index contributed by atoms with van der Waals surface area (Å²) in [5.41, 5.74) is 0.781. The number of carbonyl (C=O) groups is 1. The second-order valence-electron chi connectivity index (χ2n) is 5.91. The van der Waals surface area contributed by atoms with Crippen LogP contribution < -0.4 is 0 Å². The summed E-state index contributed by atoms with van der Waals surface area (Å²) < 4.78 is 10.7. The van der Waals surface area contributed by atoms with Crippen molar-refractivity contribution in [3.63, 3.8) is 0 Å². The Morgan fingerprint density at radius 2 is 1.62 bits per heavy atom. The van der Waals surface area contributed by atoms with Crippen molar-refractivity contribution in [2.24, 2.45) is 0 Å². The lowest BCUT2D eigenvalue weighted by Gasteiger charge is -2.27. The van der Waals surface area contributed by atoms with Crippen LogP contribution in [0.2, 0.25) is 0 Å². The average Bonchev–Trinajstić information content (AvgIpc) is 3.06. The molecule has 1 aliphatic heterocycles. The maximum Gasteiger partial charge on any atom is 0.255 e. The molecule has 1 aromatic carbocycles. The van der Waals surface area contributed by atoms with E-state index in [4.69, 9.17) is 9.47 Å². The summed E-state index contributed by atoms with van der Waals surface area (Å²) in [5, 5.41) is 10.8. The van der Waals surface area contributed by atoms with Crippen molar-refractivity contribution >= 4 is 5.91 Å². The molecule has 1 saturated heterocycles. The molecule has 0 spiro atoms. The molecule has 3 rings (SSSR count).